The van der Waals surface area contributed by atoms with Gasteiger partial charge in [0.2, 0.25) is 0 Å². The molecular weight excluding hydrogens is 444 g/mol. The number of nitrogens with zero attached hydrogens (tertiary/aromatic N) is 2. The van der Waals surface area contributed by atoms with Crippen LogP contribution in [0.5, 0.6) is 0 Å². The third kappa shape index (κ3) is 6.27. The Bertz CT molecular complexity index is 1020. The highest BCUT2D eigenvalue weighted by Gasteiger charge is 2.31. The van der Waals surface area contributed by atoms with E-state index in [1.165, 1.54) is 12.1 Å². The topological polar surface area (TPSA) is 154 Å². The van der Waals surface area contributed by atoms with Crippen LogP contribution in [0.2, 0.25) is 5.02 Å². The minimum Gasteiger partial charge on any atom is -0.451 e. The molecule has 0 aliphatic rings. The van der Waals surface area contributed by atoms with E-state index in [9.17, 15) is 24.5 Å². The SMILES string of the molecule is CCC(OC(=O)[C@@H](NC(=O)c1ccc([N+](=O)[O-])cc1Cl)C(C)C)C(=O)Nc1cc(C)on1. The van der Waals surface area contributed by atoms with Gasteiger partial charge in [-0.05, 0) is 25.3 Å². The molecule has 0 radical (unpaired) electrons. The Morgan fingerprint density at radius 2 is 1.97 bits per heavy atom. The second-order valence-electron chi connectivity index (χ2n) is 7.26. The van der Waals surface area contributed by atoms with Crippen LogP contribution in [0.3, 0.4) is 0 Å². The highest BCUT2D eigenvalue weighted by atomic mass is 35.5. The summed E-state index contributed by atoms with van der Waals surface area (Å²) in [6.45, 7) is 6.68. The van der Waals surface area contributed by atoms with E-state index in [-0.39, 0.29) is 34.4 Å². The summed E-state index contributed by atoms with van der Waals surface area (Å²) in [6, 6.07) is 3.79. The highest BCUT2D eigenvalue weighted by molar-refractivity contribution is 6.34. The molecule has 0 aliphatic heterocycles. The van der Waals surface area contributed by atoms with Gasteiger partial charge in [0.15, 0.2) is 11.9 Å². The Kier molecular flexibility index (Phi) is 8.30. The number of carbonyl (C=O) groups excluding carboxylic acids is 3. The molecule has 1 unspecified atom stereocenters. The average Bonchev–Trinajstić information content (AvgIpc) is 3.13. The van der Waals surface area contributed by atoms with Crippen LogP contribution in [-0.4, -0.2) is 40.0 Å². The van der Waals surface area contributed by atoms with Crippen molar-refractivity contribution in [1.82, 2.24) is 10.5 Å². The number of halogens is 1. The van der Waals surface area contributed by atoms with Crippen molar-refractivity contribution in [3.05, 3.63) is 50.7 Å². The molecule has 12 heteroatoms. The van der Waals surface area contributed by atoms with E-state index in [1.54, 1.807) is 27.7 Å². The maximum atomic E-state index is 12.7. The summed E-state index contributed by atoms with van der Waals surface area (Å²) < 4.78 is 10.2. The maximum Gasteiger partial charge on any atom is 0.329 e. The third-order valence-corrected chi connectivity index (χ3v) is 4.73. The first-order valence-electron chi connectivity index (χ1n) is 9.73. The Morgan fingerprint density at radius 1 is 1.28 bits per heavy atom. The van der Waals surface area contributed by atoms with Gasteiger partial charge in [-0.25, -0.2) is 4.79 Å². The lowest BCUT2D eigenvalue weighted by Crippen LogP contribution is -2.47. The number of carbonyl (C=O) groups is 3. The fourth-order valence-corrected chi connectivity index (χ4v) is 2.95. The van der Waals surface area contributed by atoms with Crippen molar-refractivity contribution in [3.63, 3.8) is 0 Å². The number of anilines is 1. The lowest BCUT2D eigenvalue weighted by atomic mass is 10.0. The molecule has 2 N–H and O–H groups in total. The zero-order valence-corrected chi connectivity index (χ0v) is 18.6. The van der Waals surface area contributed by atoms with Crippen LogP contribution in [0, 0.1) is 23.0 Å². The van der Waals surface area contributed by atoms with Crippen molar-refractivity contribution in [2.45, 2.75) is 46.3 Å². The molecule has 1 aromatic heterocycles. The van der Waals surface area contributed by atoms with E-state index in [2.05, 4.69) is 15.8 Å². The van der Waals surface area contributed by atoms with Crippen LogP contribution >= 0.6 is 11.6 Å². The molecule has 172 valence electrons. The summed E-state index contributed by atoms with van der Waals surface area (Å²) in [7, 11) is 0. The van der Waals surface area contributed by atoms with Crippen molar-refractivity contribution in [2.75, 3.05) is 5.32 Å². The molecule has 2 aromatic rings. The summed E-state index contributed by atoms with van der Waals surface area (Å²) in [5, 5.41) is 19.4. The zero-order chi connectivity index (χ0) is 24.0. The molecule has 2 atom stereocenters. The Labute approximate surface area is 188 Å². The third-order valence-electron chi connectivity index (χ3n) is 4.42. The predicted octanol–water partition coefficient (Wildman–Crippen LogP) is 3.26. The first-order chi connectivity index (χ1) is 15.0. The van der Waals surface area contributed by atoms with E-state index < -0.39 is 34.9 Å². The molecule has 1 heterocycles. The van der Waals surface area contributed by atoms with Gasteiger partial charge in [-0.2, -0.15) is 0 Å². The number of esters is 1. The summed E-state index contributed by atoms with van der Waals surface area (Å²) in [5.74, 6) is -1.83. The molecular formula is C20H23ClN4O7. The number of nitro groups is 1. The van der Waals surface area contributed by atoms with Gasteiger partial charge in [0, 0.05) is 18.2 Å². The zero-order valence-electron chi connectivity index (χ0n) is 17.9. The lowest BCUT2D eigenvalue weighted by molar-refractivity contribution is -0.384. The molecule has 0 fully saturated rings. The molecule has 2 amide bonds. The largest absolute Gasteiger partial charge is 0.451 e. The number of amides is 2. The summed E-state index contributed by atoms with van der Waals surface area (Å²) >= 11 is 5.99. The Hall–Kier alpha value is -3.47. The smallest absolute Gasteiger partial charge is 0.329 e. The minimum atomic E-state index is -1.12. The average molecular weight is 467 g/mol. The molecule has 0 spiro atoms. The van der Waals surface area contributed by atoms with Gasteiger partial charge in [-0.1, -0.05) is 37.5 Å². The Morgan fingerprint density at radius 3 is 2.47 bits per heavy atom. The van der Waals surface area contributed by atoms with Gasteiger partial charge in [0.1, 0.15) is 11.8 Å². The van der Waals surface area contributed by atoms with Gasteiger partial charge in [0.25, 0.3) is 17.5 Å². The normalized spacial score (nSPS) is 12.7. The van der Waals surface area contributed by atoms with E-state index in [0.717, 1.165) is 12.1 Å². The lowest BCUT2D eigenvalue weighted by Gasteiger charge is -2.24. The van der Waals surface area contributed by atoms with Gasteiger partial charge in [-0.15, -0.1) is 0 Å². The van der Waals surface area contributed by atoms with Crippen LogP contribution in [0.25, 0.3) is 0 Å². The summed E-state index contributed by atoms with van der Waals surface area (Å²) in [6.07, 6.45) is -0.943. The van der Waals surface area contributed by atoms with Crippen molar-refractivity contribution in [1.29, 1.82) is 0 Å². The monoisotopic (exact) mass is 466 g/mol. The summed E-state index contributed by atoms with van der Waals surface area (Å²) in [4.78, 5) is 48.0. The second kappa shape index (κ2) is 10.7. The first kappa shape index (κ1) is 24.8. The first-order valence-corrected chi connectivity index (χ1v) is 10.1. The van der Waals surface area contributed by atoms with Crippen LogP contribution < -0.4 is 10.6 Å². The van der Waals surface area contributed by atoms with Crippen molar-refractivity contribution in [2.24, 2.45) is 5.92 Å². The number of ether oxygens (including phenoxy) is 1. The fourth-order valence-electron chi connectivity index (χ4n) is 2.69. The highest BCUT2D eigenvalue weighted by Crippen LogP contribution is 2.23. The van der Waals surface area contributed by atoms with E-state index in [0.29, 0.717) is 5.76 Å². The number of aromatic nitrogens is 1. The molecule has 0 aliphatic carbocycles. The number of hydrogen-bond acceptors (Lipinski definition) is 8. The standard InChI is InChI=1S/C20H23ClN4O7/c1-5-15(19(27)22-16-8-11(4)32-24-16)31-20(28)17(10(2)3)23-18(26)13-7-6-12(25(29)30)9-14(13)21/h6-10,15,17H,5H2,1-4H3,(H,23,26)(H,22,24,27)/t15?,17-/m0/s1. The number of hydrogen-bond donors (Lipinski definition) is 2. The van der Waals surface area contributed by atoms with E-state index >= 15 is 0 Å². The number of nitro benzene ring substituents is 1. The number of non-ortho nitro benzene ring substituents is 1. The molecule has 1 aromatic carbocycles. The van der Waals surface area contributed by atoms with Crippen molar-refractivity contribution in [3.8, 4) is 0 Å². The molecule has 0 saturated heterocycles. The van der Waals surface area contributed by atoms with Crippen LogP contribution in [0.15, 0.2) is 28.8 Å². The fraction of sp³-hybridized carbons (Fsp3) is 0.400. The minimum absolute atomic E-state index is 0.0399. The number of benzene rings is 1. The molecule has 0 bridgehead atoms. The van der Waals surface area contributed by atoms with Gasteiger partial charge in [-0.3, -0.25) is 19.7 Å². The second-order valence-corrected chi connectivity index (χ2v) is 7.67. The van der Waals surface area contributed by atoms with Crippen molar-refractivity contribution >= 4 is 40.9 Å². The van der Waals surface area contributed by atoms with Gasteiger partial charge in [0.05, 0.1) is 15.5 Å². The van der Waals surface area contributed by atoms with Crippen molar-refractivity contribution < 1.29 is 28.6 Å². The maximum absolute atomic E-state index is 12.7. The predicted molar refractivity (Wildman–Crippen MR) is 114 cm³/mol. The van der Waals surface area contributed by atoms with Crippen LogP contribution in [-0.2, 0) is 14.3 Å². The molecule has 11 nitrogen and oxygen atoms in total. The molecule has 32 heavy (non-hydrogen) atoms. The summed E-state index contributed by atoms with van der Waals surface area (Å²) in [5.41, 5.74) is -0.313. The van der Waals surface area contributed by atoms with Gasteiger partial charge >= 0.3 is 5.97 Å². The van der Waals surface area contributed by atoms with Gasteiger partial charge < -0.3 is 19.9 Å². The number of rotatable bonds is 9. The molecule has 0 saturated carbocycles. The Balaban J connectivity index is 2.10. The number of nitrogens with one attached hydrogen (secondary N) is 2. The quantitative estimate of drug-likeness (QED) is 0.324. The molecule has 2 rings (SSSR count). The number of aryl methyl sites for hydroxylation is 1. The van der Waals surface area contributed by atoms with E-state index in [1.807, 2.05) is 0 Å². The van der Waals surface area contributed by atoms with Crippen LogP contribution in [0.4, 0.5) is 11.5 Å². The van der Waals surface area contributed by atoms with E-state index in [4.69, 9.17) is 20.9 Å². The van der Waals surface area contributed by atoms with Crippen LogP contribution in [0.1, 0.15) is 43.3 Å².